The van der Waals surface area contributed by atoms with E-state index < -0.39 is 29.5 Å². The van der Waals surface area contributed by atoms with Crippen LogP contribution in [0.1, 0.15) is 35.7 Å². The van der Waals surface area contributed by atoms with E-state index in [2.05, 4.69) is 10.6 Å². The van der Waals surface area contributed by atoms with Gasteiger partial charge in [-0.2, -0.15) is 0 Å². The van der Waals surface area contributed by atoms with E-state index in [4.69, 9.17) is 11.6 Å². The van der Waals surface area contributed by atoms with Crippen molar-refractivity contribution in [1.29, 1.82) is 0 Å². The highest BCUT2D eigenvalue weighted by atomic mass is 35.5. The number of halogens is 3. The summed E-state index contributed by atoms with van der Waals surface area (Å²) >= 11 is 5.87. The largest absolute Gasteiger partial charge is 0.351 e. The molecule has 0 bridgehead atoms. The maximum absolute atomic E-state index is 13.5. The predicted molar refractivity (Wildman–Crippen MR) is 116 cm³/mol. The highest BCUT2D eigenvalue weighted by Gasteiger charge is 2.27. The maximum atomic E-state index is 13.5. The van der Waals surface area contributed by atoms with Gasteiger partial charge in [0.15, 0.2) is 11.6 Å². The summed E-state index contributed by atoms with van der Waals surface area (Å²) in [5.41, 5.74) is 0.940. The molecule has 3 amide bonds. The third-order valence-electron chi connectivity index (χ3n) is 5.34. The molecule has 1 saturated heterocycles. The number of rotatable bonds is 6. The summed E-state index contributed by atoms with van der Waals surface area (Å²) in [7, 11) is 0. The Hall–Kier alpha value is -3.00. The van der Waals surface area contributed by atoms with E-state index in [-0.39, 0.29) is 18.4 Å². The highest BCUT2D eigenvalue weighted by Crippen LogP contribution is 2.17. The molecule has 170 valence electrons. The smallest absolute Gasteiger partial charge is 0.253 e. The molecule has 0 aromatic heterocycles. The first-order chi connectivity index (χ1) is 15.2. The summed E-state index contributed by atoms with van der Waals surface area (Å²) in [6.07, 6.45) is 1.14. The first-order valence-electron chi connectivity index (χ1n) is 10.3. The quantitative estimate of drug-likeness (QED) is 0.691. The molecule has 2 aromatic carbocycles. The van der Waals surface area contributed by atoms with Crippen molar-refractivity contribution in [2.45, 2.75) is 38.3 Å². The van der Waals surface area contributed by atoms with Crippen molar-refractivity contribution >= 4 is 29.3 Å². The zero-order chi connectivity index (χ0) is 23.3. The number of carbonyl (C=O) groups excluding carboxylic acids is 3. The molecule has 0 saturated carbocycles. The second-order valence-corrected chi connectivity index (χ2v) is 8.22. The maximum Gasteiger partial charge on any atom is 0.253 e. The number of nitrogens with one attached hydrogen (secondary N) is 2. The molecule has 2 aromatic rings. The number of nitrogens with zero attached hydrogens (tertiary/aromatic N) is 1. The fraction of sp³-hybridized carbons (Fsp3) is 0.348. The van der Waals surface area contributed by atoms with Crippen molar-refractivity contribution in [2.75, 3.05) is 13.1 Å². The second kappa shape index (κ2) is 10.5. The minimum absolute atomic E-state index is 0.0243. The van der Waals surface area contributed by atoms with Crippen molar-refractivity contribution < 1.29 is 23.2 Å². The molecule has 9 heteroatoms. The normalized spacial score (nSPS) is 15.2. The summed E-state index contributed by atoms with van der Waals surface area (Å²) < 4.78 is 26.7. The summed E-state index contributed by atoms with van der Waals surface area (Å²) in [5, 5.41) is 6.02. The molecule has 1 fully saturated rings. The lowest BCUT2D eigenvalue weighted by Gasteiger charge is -2.33. The Balaban J connectivity index is 1.57. The van der Waals surface area contributed by atoms with Crippen LogP contribution in [0.5, 0.6) is 0 Å². The van der Waals surface area contributed by atoms with Crippen LogP contribution in [0.4, 0.5) is 8.78 Å². The number of piperidine rings is 1. The Labute approximate surface area is 189 Å². The van der Waals surface area contributed by atoms with Gasteiger partial charge in [-0.25, -0.2) is 8.78 Å². The van der Waals surface area contributed by atoms with E-state index in [9.17, 15) is 23.2 Å². The monoisotopic (exact) mass is 463 g/mol. The van der Waals surface area contributed by atoms with Gasteiger partial charge in [0.2, 0.25) is 11.8 Å². The van der Waals surface area contributed by atoms with Crippen LogP contribution < -0.4 is 10.6 Å². The number of carbonyl (C=O) groups is 3. The number of hydrogen-bond acceptors (Lipinski definition) is 3. The Morgan fingerprint density at radius 2 is 1.72 bits per heavy atom. The first kappa shape index (κ1) is 23.7. The van der Waals surface area contributed by atoms with Gasteiger partial charge in [0.25, 0.3) is 5.91 Å². The Morgan fingerprint density at radius 3 is 2.31 bits per heavy atom. The minimum Gasteiger partial charge on any atom is -0.351 e. The van der Waals surface area contributed by atoms with Crippen LogP contribution in [-0.4, -0.2) is 47.8 Å². The van der Waals surface area contributed by atoms with Gasteiger partial charge in [0, 0.05) is 43.1 Å². The van der Waals surface area contributed by atoms with Crippen LogP contribution in [0.25, 0.3) is 0 Å². The molecular weight excluding hydrogens is 440 g/mol. The van der Waals surface area contributed by atoms with E-state index >= 15 is 0 Å². The number of hydrogen-bond donors (Lipinski definition) is 2. The molecule has 1 unspecified atom stereocenters. The van der Waals surface area contributed by atoms with Gasteiger partial charge in [0.1, 0.15) is 6.04 Å². The summed E-state index contributed by atoms with van der Waals surface area (Å²) in [5.74, 6) is -2.90. The van der Waals surface area contributed by atoms with Crippen molar-refractivity contribution in [3.05, 3.63) is 70.2 Å². The molecule has 3 rings (SSSR count). The van der Waals surface area contributed by atoms with Gasteiger partial charge in [-0.3, -0.25) is 14.4 Å². The average molecular weight is 464 g/mol. The van der Waals surface area contributed by atoms with Crippen LogP contribution in [0, 0.1) is 11.6 Å². The van der Waals surface area contributed by atoms with E-state index in [1.165, 1.54) is 13.0 Å². The molecule has 0 spiro atoms. The molecular formula is C23H24ClF2N3O3. The van der Waals surface area contributed by atoms with Crippen molar-refractivity contribution in [1.82, 2.24) is 15.5 Å². The molecule has 1 atom stereocenters. The number of benzene rings is 2. The molecule has 6 nitrogen and oxygen atoms in total. The minimum atomic E-state index is -1.01. The van der Waals surface area contributed by atoms with Gasteiger partial charge in [0.05, 0.1) is 0 Å². The van der Waals surface area contributed by atoms with Crippen LogP contribution in [0.2, 0.25) is 5.02 Å². The van der Waals surface area contributed by atoms with Crippen LogP contribution in [-0.2, 0) is 16.0 Å². The summed E-state index contributed by atoms with van der Waals surface area (Å²) in [4.78, 5) is 38.7. The molecule has 0 aliphatic carbocycles. The third-order valence-corrected chi connectivity index (χ3v) is 5.59. The van der Waals surface area contributed by atoms with Crippen molar-refractivity contribution in [2.24, 2.45) is 0 Å². The molecule has 1 aliphatic rings. The van der Waals surface area contributed by atoms with Crippen molar-refractivity contribution in [3.63, 3.8) is 0 Å². The zero-order valence-corrected chi connectivity index (χ0v) is 18.3. The fourth-order valence-corrected chi connectivity index (χ4v) is 3.79. The van der Waals surface area contributed by atoms with Gasteiger partial charge in [-0.1, -0.05) is 17.7 Å². The molecule has 2 N–H and O–H groups in total. The lowest BCUT2D eigenvalue weighted by atomic mass is 10.0. The van der Waals surface area contributed by atoms with Crippen molar-refractivity contribution in [3.8, 4) is 0 Å². The Kier molecular flexibility index (Phi) is 7.80. The molecule has 32 heavy (non-hydrogen) atoms. The fourth-order valence-electron chi connectivity index (χ4n) is 3.66. The predicted octanol–water partition coefficient (Wildman–Crippen LogP) is 3.09. The zero-order valence-electron chi connectivity index (χ0n) is 17.5. The summed E-state index contributed by atoms with van der Waals surface area (Å²) in [6.45, 7) is 2.23. The van der Waals surface area contributed by atoms with E-state index in [1.54, 1.807) is 29.2 Å². The van der Waals surface area contributed by atoms with Crippen LogP contribution in [0.15, 0.2) is 42.5 Å². The summed E-state index contributed by atoms with van der Waals surface area (Å²) in [6, 6.07) is 8.96. The van der Waals surface area contributed by atoms with E-state index in [0.29, 0.717) is 42.1 Å². The molecule has 1 heterocycles. The first-order valence-corrected chi connectivity index (χ1v) is 10.7. The topological polar surface area (TPSA) is 78.5 Å². The Morgan fingerprint density at radius 1 is 1.06 bits per heavy atom. The number of likely N-dealkylation sites (tertiary alicyclic amines) is 1. The van der Waals surface area contributed by atoms with Gasteiger partial charge < -0.3 is 15.5 Å². The van der Waals surface area contributed by atoms with Crippen LogP contribution in [0.3, 0.4) is 0 Å². The lowest BCUT2D eigenvalue weighted by Crippen LogP contribution is -2.53. The highest BCUT2D eigenvalue weighted by molar-refractivity contribution is 6.30. The van der Waals surface area contributed by atoms with Gasteiger partial charge >= 0.3 is 0 Å². The van der Waals surface area contributed by atoms with Crippen LogP contribution >= 0.6 is 11.6 Å². The van der Waals surface area contributed by atoms with E-state index in [1.807, 2.05) is 0 Å². The molecule has 1 aliphatic heterocycles. The SMILES string of the molecule is CC(=O)NC(Cc1ccc(F)c(F)c1)C(=O)NC1CCN(C(=O)c2ccc(Cl)cc2)CC1. The van der Waals surface area contributed by atoms with Gasteiger partial charge in [-0.05, 0) is 54.8 Å². The second-order valence-electron chi connectivity index (χ2n) is 7.79. The average Bonchev–Trinajstić information content (AvgIpc) is 2.76. The van der Waals surface area contributed by atoms with Gasteiger partial charge in [-0.15, -0.1) is 0 Å². The third kappa shape index (κ3) is 6.26. The van der Waals surface area contributed by atoms with E-state index in [0.717, 1.165) is 12.1 Å². The Bertz CT molecular complexity index is 992. The molecule has 0 radical (unpaired) electrons. The standard InChI is InChI=1S/C23H24ClF2N3O3/c1-14(30)27-21(13-15-2-7-19(25)20(26)12-15)22(31)28-18-8-10-29(11-9-18)23(32)16-3-5-17(24)6-4-16/h2-7,12,18,21H,8-11,13H2,1H3,(H,27,30)(H,28,31). The lowest BCUT2D eigenvalue weighted by molar-refractivity contribution is -0.128. The number of amides is 3.